The van der Waals surface area contributed by atoms with Crippen molar-refractivity contribution in [1.29, 1.82) is 0 Å². The van der Waals surface area contributed by atoms with E-state index >= 15 is 0 Å². The molecule has 8 nitrogen and oxygen atoms in total. The second kappa shape index (κ2) is 4.52. The number of rotatable bonds is 4. The van der Waals surface area contributed by atoms with Crippen LogP contribution in [-0.2, 0) is 38.1 Å². The van der Waals surface area contributed by atoms with Gasteiger partial charge in [-0.1, -0.05) is 6.58 Å². The monoisotopic (exact) mass is 318 g/mol. The zero-order chi connectivity index (χ0) is 15.4. The van der Waals surface area contributed by atoms with Gasteiger partial charge in [-0.3, -0.25) is 4.18 Å². The zero-order valence-electron chi connectivity index (χ0n) is 11.2. The van der Waals surface area contributed by atoms with Crippen molar-refractivity contribution in [3.63, 3.8) is 0 Å². The molecule has 2 bridgehead atoms. The van der Waals surface area contributed by atoms with Crippen LogP contribution in [-0.4, -0.2) is 56.1 Å². The second-order valence-electron chi connectivity index (χ2n) is 5.42. The Balaban J connectivity index is 1.69. The predicted octanol–water partition coefficient (Wildman–Crippen LogP) is -0.714. The first-order valence-electron chi connectivity index (χ1n) is 6.35. The van der Waals surface area contributed by atoms with E-state index in [0.717, 1.165) is 6.08 Å². The number of carbonyl (C=O) groups is 2. The Hall–Kier alpha value is -1.45. The average Bonchev–Trinajstić information content (AvgIpc) is 2.93. The topological polar surface area (TPSA) is 105 Å². The summed E-state index contributed by atoms with van der Waals surface area (Å²) < 4.78 is 44.3. The van der Waals surface area contributed by atoms with Crippen LogP contribution < -0.4 is 0 Å². The number of ether oxygens (including phenoxy) is 3. The lowest BCUT2D eigenvalue weighted by Crippen LogP contribution is -2.47. The Morgan fingerprint density at radius 1 is 1.48 bits per heavy atom. The molecule has 0 saturated carbocycles. The van der Waals surface area contributed by atoms with Gasteiger partial charge in [0.15, 0.2) is 11.9 Å². The Morgan fingerprint density at radius 2 is 2.19 bits per heavy atom. The molecule has 0 aromatic rings. The van der Waals surface area contributed by atoms with Crippen molar-refractivity contribution in [1.82, 2.24) is 0 Å². The summed E-state index contributed by atoms with van der Waals surface area (Å²) in [6.07, 6.45) is -0.861. The second-order valence-corrected chi connectivity index (χ2v) is 7.12. The first-order chi connectivity index (χ1) is 9.77. The van der Waals surface area contributed by atoms with Gasteiger partial charge in [0, 0.05) is 12.5 Å². The molecule has 21 heavy (non-hydrogen) atoms. The minimum absolute atomic E-state index is 0.331. The minimum Gasteiger partial charge on any atom is -0.455 e. The summed E-state index contributed by atoms with van der Waals surface area (Å²) in [5.74, 6) is -1.60. The normalized spacial score (nSPS) is 41.8. The van der Waals surface area contributed by atoms with Crippen molar-refractivity contribution < 1.29 is 36.4 Å². The van der Waals surface area contributed by atoms with Gasteiger partial charge in [-0.05, 0) is 6.92 Å². The van der Waals surface area contributed by atoms with Crippen LogP contribution in [0.2, 0.25) is 0 Å². The molecule has 5 atom stereocenters. The largest absolute Gasteiger partial charge is 0.455 e. The number of carbonyl (C=O) groups excluding carboxylic acids is 2. The molecule has 0 spiro atoms. The summed E-state index contributed by atoms with van der Waals surface area (Å²) in [4.78, 5) is 22.5. The van der Waals surface area contributed by atoms with Crippen LogP contribution in [0.1, 0.15) is 13.3 Å². The van der Waals surface area contributed by atoms with Crippen LogP contribution in [0.3, 0.4) is 0 Å². The average molecular weight is 318 g/mol. The molecule has 9 heteroatoms. The number of hydrogen-bond donors (Lipinski definition) is 0. The van der Waals surface area contributed by atoms with Gasteiger partial charge in [-0.2, -0.15) is 8.42 Å². The van der Waals surface area contributed by atoms with E-state index in [1.165, 1.54) is 0 Å². The highest BCUT2D eigenvalue weighted by atomic mass is 32.2. The van der Waals surface area contributed by atoms with E-state index in [-0.39, 0.29) is 0 Å². The summed E-state index contributed by atoms with van der Waals surface area (Å²) in [5, 5.41) is -1.03. The molecule has 0 radical (unpaired) electrons. The molecule has 3 heterocycles. The molecule has 0 N–H and O–H groups in total. The molecule has 0 amide bonds. The minimum atomic E-state index is -3.85. The van der Waals surface area contributed by atoms with Gasteiger partial charge in [-0.25, -0.2) is 9.59 Å². The lowest BCUT2D eigenvalue weighted by atomic mass is 9.84. The summed E-state index contributed by atoms with van der Waals surface area (Å²) >= 11 is 0. The Bertz CT molecular complexity index is 611. The van der Waals surface area contributed by atoms with E-state index in [1.54, 1.807) is 6.92 Å². The van der Waals surface area contributed by atoms with Gasteiger partial charge < -0.3 is 14.2 Å². The first kappa shape index (κ1) is 14.5. The van der Waals surface area contributed by atoms with Crippen molar-refractivity contribution in [2.24, 2.45) is 0 Å². The molecular formula is C12H14O8S. The van der Waals surface area contributed by atoms with Crippen molar-refractivity contribution in [3.05, 3.63) is 12.7 Å². The molecule has 3 saturated heterocycles. The summed E-state index contributed by atoms with van der Waals surface area (Å²) in [7, 11) is -3.85. The van der Waals surface area contributed by atoms with Gasteiger partial charge in [0.05, 0.1) is 6.10 Å². The maximum absolute atomic E-state index is 12.0. The van der Waals surface area contributed by atoms with Gasteiger partial charge in [0.25, 0.3) is 10.1 Å². The quantitative estimate of drug-likeness (QED) is 0.380. The van der Waals surface area contributed by atoms with Gasteiger partial charge in [0.2, 0.25) is 0 Å². The van der Waals surface area contributed by atoms with Crippen LogP contribution in [0.4, 0.5) is 0 Å². The molecule has 0 aromatic carbocycles. The molecule has 5 unspecified atom stereocenters. The molecule has 3 fully saturated rings. The Morgan fingerprint density at radius 3 is 2.86 bits per heavy atom. The fraction of sp³-hybridized carbons (Fsp3) is 0.667. The number of hydrogen-bond acceptors (Lipinski definition) is 8. The van der Waals surface area contributed by atoms with E-state index in [9.17, 15) is 18.0 Å². The van der Waals surface area contributed by atoms with Crippen molar-refractivity contribution in [2.75, 3.05) is 6.61 Å². The summed E-state index contributed by atoms with van der Waals surface area (Å²) in [6.45, 7) is 4.25. The van der Waals surface area contributed by atoms with Crippen molar-refractivity contribution in [2.45, 2.75) is 42.5 Å². The fourth-order valence-electron chi connectivity index (χ4n) is 3.13. The lowest BCUT2D eigenvalue weighted by Gasteiger charge is -2.25. The van der Waals surface area contributed by atoms with Crippen LogP contribution >= 0.6 is 0 Å². The standard InChI is InChI=1S/C12H14O8S/c1-3-7(13)17-5-8(14)19-9-6-4-12(2)11(18-6)10(9)21(15,16)20-12/h3,6,9-11H,1,4-5H2,2H3. The predicted molar refractivity (Wildman–Crippen MR) is 66.5 cm³/mol. The Kier molecular flexibility index (Phi) is 3.12. The van der Waals surface area contributed by atoms with E-state index in [2.05, 4.69) is 11.3 Å². The van der Waals surface area contributed by atoms with E-state index in [1.807, 2.05) is 0 Å². The maximum Gasteiger partial charge on any atom is 0.344 e. The van der Waals surface area contributed by atoms with Gasteiger partial charge in [0.1, 0.15) is 17.8 Å². The highest BCUT2D eigenvalue weighted by molar-refractivity contribution is 7.87. The van der Waals surface area contributed by atoms with Crippen LogP contribution in [0, 0.1) is 0 Å². The highest BCUT2D eigenvalue weighted by Crippen LogP contribution is 2.53. The van der Waals surface area contributed by atoms with Crippen LogP contribution in [0.25, 0.3) is 0 Å². The highest BCUT2D eigenvalue weighted by Gasteiger charge is 2.73. The fourth-order valence-corrected chi connectivity index (χ4v) is 5.15. The molecule has 3 rings (SSSR count). The third kappa shape index (κ3) is 2.16. The zero-order valence-corrected chi connectivity index (χ0v) is 12.0. The first-order valence-corrected chi connectivity index (χ1v) is 7.82. The molecule has 3 aliphatic rings. The van der Waals surface area contributed by atoms with E-state index in [0.29, 0.717) is 6.42 Å². The smallest absolute Gasteiger partial charge is 0.344 e. The van der Waals surface area contributed by atoms with Crippen LogP contribution in [0.5, 0.6) is 0 Å². The van der Waals surface area contributed by atoms with Gasteiger partial charge in [-0.15, -0.1) is 0 Å². The van der Waals surface area contributed by atoms with E-state index < -0.39 is 57.8 Å². The number of fused-ring (bicyclic) bond motifs is 1. The SMILES string of the molecule is C=CC(=O)OCC(=O)OC1C2CC3(C)OS(=O)(=O)C1C3O2. The van der Waals surface area contributed by atoms with Crippen molar-refractivity contribution >= 4 is 22.1 Å². The summed E-state index contributed by atoms with van der Waals surface area (Å²) in [6, 6.07) is 0. The molecule has 3 aliphatic heterocycles. The molecule has 0 aromatic heterocycles. The Labute approximate surface area is 121 Å². The van der Waals surface area contributed by atoms with Gasteiger partial charge >= 0.3 is 11.9 Å². The van der Waals surface area contributed by atoms with E-state index in [4.69, 9.17) is 13.7 Å². The third-order valence-corrected chi connectivity index (χ3v) is 5.72. The lowest BCUT2D eigenvalue weighted by molar-refractivity contribution is -0.161. The number of esters is 2. The molecular weight excluding hydrogens is 304 g/mol. The summed E-state index contributed by atoms with van der Waals surface area (Å²) in [5.41, 5.74) is -0.883. The van der Waals surface area contributed by atoms with Crippen LogP contribution in [0.15, 0.2) is 12.7 Å². The van der Waals surface area contributed by atoms with Crippen molar-refractivity contribution in [3.8, 4) is 0 Å². The maximum atomic E-state index is 12.0. The molecule has 116 valence electrons. The molecule has 0 aliphatic carbocycles. The third-order valence-electron chi connectivity index (χ3n) is 3.92.